The molecule has 0 spiro atoms. The van der Waals surface area contributed by atoms with Crippen molar-refractivity contribution in [1.82, 2.24) is 10.3 Å². The molecule has 1 aliphatic rings. The maximum Gasteiger partial charge on any atom is 0.323 e. The largest absolute Gasteiger partial charge is 0.461 e. The monoisotopic (exact) mass is 212 g/mol. The number of carbonyl (C=O) groups excluding carboxylic acids is 1. The minimum absolute atomic E-state index is 0.0430. The van der Waals surface area contributed by atoms with E-state index in [2.05, 4.69) is 10.3 Å². The second-order valence-corrected chi connectivity index (χ2v) is 4.36. The van der Waals surface area contributed by atoms with Gasteiger partial charge in [0.05, 0.1) is 5.51 Å². The Morgan fingerprint density at radius 1 is 1.79 bits per heavy atom. The number of esters is 1. The third-order valence-corrected chi connectivity index (χ3v) is 2.96. The molecule has 5 heteroatoms. The molecule has 0 bridgehead atoms. The Bertz CT molecular complexity index is 313. The number of thiazole rings is 1. The normalized spacial score (nSPS) is 26.5. The lowest BCUT2D eigenvalue weighted by Gasteiger charge is -2.05. The smallest absolute Gasteiger partial charge is 0.323 e. The molecule has 0 aromatic carbocycles. The molecule has 0 aliphatic carbocycles. The van der Waals surface area contributed by atoms with E-state index in [-0.39, 0.29) is 18.1 Å². The molecule has 4 nitrogen and oxygen atoms in total. The van der Waals surface area contributed by atoms with Crippen LogP contribution in [0.1, 0.15) is 18.2 Å². The van der Waals surface area contributed by atoms with Crippen molar-refractivity contribution in [2.45, 2.75) is 32.0 Å². The molecular formula is C9H12N2O2S. The Balaban J connectivity index is 1.84. The van der Waals surface area contributed by atoms with Crippen molar-refractivity contribution < 1.29 is 9.53 Å². The average molecular weight is 212 g/mol. The first-order valence-electron chi connectivity index (χ1n) is 4.57. The summed E-state index contributed by atoms with van der Waals surface area (Å²) in [6.45, 7) is 2.60. The number of nitrogens with one attached hydrogen (secondary N) is 1. The van der Waals surface area contributed by atoms with Crippen molar-refractivity contribution in [1.29, 1.82) is 0 Å². The molecule has 1 aromatic heterocycles. The van der Waals surface area contributed by atoms with E-state index < -0.39 is 0 Å². The number of cyclic esters (lactones) is 1. The van der Waals surface area contributed by atoms with Gasteiger partial charge in [0, 0.05) is 24.0 Å². The zero-order valence-corrected chi connectivity index (χ0v) is 8.71. The van der Waals surface area contributed by atoms with Crippen LogP contribution in [0, 0.1) is 0 Å². The molecule has 0 saturated carbocycles. The van der Waals surface area contributed by atoms with Crippen LogP contribution in [0.4, 0.5) is 0 Å². The van der Waals surface area contributed by atoms with Crippen molar-refractivity contribution in [2.75, 3.05) is 0 Å². The molecule has 1 fully saturated rings. The van der Waals surface area contributed by atoms with Crippen LogP contribution in [-0.4, -0.2) is 23.1 Å². The fourth-order valence-corrected chi connectivity index (χ4v) is 2.02. The van der Waals surface area contributed by atoms with Gasteiger partial charge in [-0.2, -0.15) is 0 Å². The van der Waals surface area contributed by atoms with E-state index in [0.29, 0.717) is 6.54 Å². The highest BCUT2D eigenvalue weighted by Gasteiger charge is 2.31. The summed E-state index contributed by atoms with van der Waals surface area (Å²) in [5, 5.41) is 3.16. The van der Waals surface area contributed by atoms with Gasteiger partial charge in [-0.15, -0.1) is 11.3 Å². The highest BCUT2D eigenvalue weighted by molar-refractivity contribution is 7.09. The Hall–Kier alpha value is -0.940. The maximum absolute atomic E-state index is 11.2. The summed E-state index contributed by atoms with van der Waals surface area (Å²) in [6.07, 6.45) is 2.61. The van der Waals surface area contributed by atoms with Gasteiger partial charge in [-0.25, -0.2) is 0 Å². The minimum Gasteiger partial charge on any atom is -0.461 e. The van der Waals surface area contributed by atoms with Gasteiger partial charge in [0.25, 0.3) is 0 Å². The van der Waals surface area contributed by atoms with Gasteiger partial charge >= 0.3 is 5.97 Å². The van der Waals surface area contributed by atoms with E-state index in [1.165, 1.54) is 0 Å². The van der Waals surface area contributed by atoms with Gasteiger partial charge in [-0.1, -0.05) is 0 Å². The van der Waals surface area contributed by atoms with Crippen LogP contribution in [0.15, 0.2) is 11.7 Å². The number of hydrogen-bond acceptors (Lipinski definition) is 5. The molecule has 76 valence electrons. The summed E-state index contributed by atoms with van der Waals surface area (Å²) in [7, 11) is 0. The van der Waals surface area contributed by atoms with Crippen LogP contribution in [0.2, 0.25) is 0 Å². The summed E-state index contributed by atoms with van der Waals surface area (Å²) < 4.78 is 5.03. The Kier molecular flexibility index (Phi) is 2.79. The number of hydrogen-bond donors (Lipinski definition) is 1. The second-order valence-electron chi connectivity index (χ2n) is 3.38. The highest BCUT2D eigenvalue weighted by Crippen LogP contribution is 2.15. The van der Waals surface area contributed by atoms with Gasteiger partial charge in [0.1, 0.15) is 12.1 Å². The third kappa shape index (κ3) is 2.10. The van der Waals surface area contributed by atoms with Gasteiger partial charge in [-0.3, -0.25) is 15.1 Å². The standard InChI is InChI=1S/C9H12N2O2S/c1-6-2-8(9(12)13-6)11-4-7-3-10-5-14-7/h3,5-6,8,11H,2,4H2,1H3. The Morgan fingerprint density at radius 3 is 3.21 bits per heavy atom. The number of aromatic nitrogens is 1. The Morgan fingerprint density at radius 2 is 2.64 bits per heavy atom. The quantitative estimate of drug-likeness (QED) is 0.757. The molecule has 1 saturated heterocycles. The molecule has 2 atom stereocenters. The summed E-state index contributed by atoms with van der Waals surface area (Å²) in [5.41, 5.74) is 1.78. The lowest BCUT2D eigenvalue weighted by Crippen LogP contribution is -2.32. The third-order valence-electron chi connectivity index (χ3n) is 2.18. The van der Waals surface area contributed by atoms with Crippen LogP contribution in [-0.2, 0) is 16.1 Å². The molecule has 2 rings (SSSR count). The second kappa shape index (κ2) is 4.06. The summed E-state index contributed by atoms with van der Waals surface area (Å²) >= 11 is 1.58. The molecular weight excluding hydrogens is 200 g/mol. The molecule has 1 aromatic rings. The number of ether oxygens (including phenoxy) is 1. The van der Waals surface area contributed by atoms with Crippen LogP contribution >= 0.6 is 11.3 Å². The van der Waals surface area contributed by atoms with Crippen LogP contribution in [0.5, 0.6) is 0 Å². The molecule has 2 heterocycles. The number of rotatable bonds is 3. The van der Waals surface area contributed by atoms with Crippen molar-refractivity contribution in [3.63, 3.8) is 0 Å². The molecule has 0 radical (unpaired) electrons. The van der Waals surface area contributed by atoms with Gasteiger partial charge in [-0.05, 0) is 6.92 Å². The van der Waals surface area contributed by atoms with Crippen molar-refractivity contribution in [2.24, 2.45) is 0 Å². The highest BCUT2D eigenvalue weighted by atomic mass is 32.1. The summed E-state index contributed by atoms with van der Waals surface area (Å²) in [5.74, 6) is -0.137. The Labute approximate surface area is 86.3 Å². The van der Waals surface area contributed by atoms with E-state index >= 15 is 0 Å². The topological polar surface area (TPSA) is 51.2 Å². The predicted molar refractivity (Wildman–Crippen MR) is 52.9 cm³/mol. The predicted octanol–water partition coefficient (Wildman–Crippen LogP) is 0.937. The van der Waals surface area contributed by atoms with Gasteiger partial charge in [0.2, 0.25) is 0 Å². The van der Waals surface area contributed by atoms with Gasteiger partial charge in [0.15, 0.2) is 0 Å². The zero-order chi connectivity index (χ0) is 9.97. The van der Waals surface area contributed by atoms with Crippen molar-refractivity contribution in [3.05, 3.63) is 16.6 Å². The number of nitrogens with zero attached hydrogens (tertiary/aromatic N) is 1. The van der Waals surface area contributed by atoms with Crippen LogP contribution in [0.3, 0.4) is 0 Å². The van der Waals surface area contributed by atoms with E-state index in [1.807, 2.05) is 6.92 Å². The lowest BCUT2D eigenvalue weighted by molar-refractivity contribution is -0.142. The van der Waals surface area contributed by atoms with Crippen molar-refractivity contribution >= 4 is 17.3 Å². The average Bonchev–Trinajstić information content (AvgIpc) is 2.72. The summed E-state index contributed by atoms with van der Waals surface area (Å²) in [6, 6.07) is -0.146. The number of carbonyl (C=O) groups is 1. The van der Waals surface area contributed by atoms with E-state index in [1.54, 1.807) is 23.0 Å². The van der Waals surface area contributed by atoms with E-state index in [0.717, 1.165) is 11.3 Å². The molecule has 0 amide bonds. The van der Waals surface area contributed by atoms with Crippen LogP contribution < -0.4 is 5.32 Å². The van der Waals surface area contributed by atoms with Gasteiger partial charge < -0.3 is 4.74 Å². The van der Waals surface area contributed by atoms with E-state index in [9.17, 15) is 4.79 Å². The van der Waals surface area contributed by atoms with Crippen LogP contribution in [0.25, 0.3) is 0 Å². The van der Waals surface area contributed by atoms with E-state index in [4.69, 9.17) is 4.74 Å². The molecule has 2 unspecified atom stereocenters. The molecule has 1 N–H and O–H groups in total. The fourth-order valence-electron chi connectivity index (χ4n) is 1.48. The maximum atomic E-state index is 11.2. The first-order chi connectivity index (χ1) is 6.75. The zero-order valence-electron chi connectivity index (χ0n) is 7.90. The lowest BCUT2D eigenvalue weighted by atomic mass is 10.2. The first-order valence-corrected chi connectivity index (χ1v) is 5.45. The molecule has 1 aliphatic heterocycles. The minimum atomic E-state index is -0.146. The first kappa shape index (κ1) is 9.61. The van der Waals surface area contributed by atoms with Crippen molar-refractivity contribution in [3.8, 4) is 0 Å². The summed E-state index contributed by atoms with van der Waals surface area (Å²) in [4.78, 5) is 16.3. The fraction of sp³-hybridized carbons (Fsp3) is 0.556. The SMILES string of the molecule is CC1CC(NCc2cncs2)C(=O)O1. The molecule has 14 heavy (non-hydrogen) atoms.